The maximum absolute atomic E-state index is 11.6. The zero-order valence-electron chi connectivity index (χ0n) is 10.7. The minimum Gasteiger partial charge on any atom is -0.359 e. The van der Waals surface area contributed by atoms with Crippen LogP contribution in [0, 0.1) is 5.21 Å². The van der Waals surface area contributed by atoms with Gasteiger partial charge in [-0.05, 0) is 30.6 Å². The van der Waals surface area contributed by atoms with Gasteiger partial charge in [0.2, 0.25) is 11.4 Å². The van der Waals surface area contributed by atoms with Crippen molar-refractivity contribution in [3.05, 3.63) is 16.6 Å². The summed E-state index contributed by atoms with van der Waals surface area (Å²) >= 11 is 0. The fraction of sp³-hybridized carbons (Fsp3) is 0.833. The predicted molar refractivity (Wildman–Crippen MR) is 62.1 cm³/mol. The van der Waals surface area contributed by atoms with Crippen LogP contribution in [-0.4, -0.2) is 5.16 Å². The third-order valence-corrected chi connectivity index (χ3v) is 3.42. The number of rotatable bonds is 6. The molecule has 0 amide bonds. The number of aromatic nitrogens is 2. The second-order valence-electron chi connectivity index (χ2n) is 4.23. The van der Waals surface area contributed by atoms with E-state index in [1.165, 1.54) is 0 Å². The molecule has 0 unspecified atom stereocenters. The quantitative estimate of drug-likeness (QED) is 0.700. The second kappa shape index (κ2) is 5.87. The van der Waals surface area contributed by atoms with Crippen molar-refractivity contribution in [1.82, 2.24) is 5.16 Å². The van der Waals surface area contributed by atoms with Crippen molar-refractivity contribution in [2.24, 2.45) is 0 Å². The first-order chi connectivity index (χ1) is 7.69. The molecule has 1 aromatic rings. The average molecular weight is 226 g/mol. The Labute approximate surface area is 97.2 Å². The van der Waals surface area contributed by atoms with Crippen molar-refractivity contribution in [2.45, 2.75) is 65.2 Å². The normalized spacial score (nSPS) is 11.6. The van der Waals surface area contributed by atoms with Crippen molar-refractivity contribution in [2.75, 3.05) is 0 Å². The van der Waals surface area contributed by atoms with Crippen molar-refractivity contribution in [3.63, 3.8) is 0 Å². The monoisotopic (exact) mass is 226 g/mol. The fourth-order valence-corrected chi connectivity index (χ4v) is 2.26. The van der Waals surface area contributed by atoms with Crippen LogP contribution >= 0.6 is 0 Å². The third kappa shape index (κ3) is 2.36. The Hall–Kier alpha value is -1.06. The fourth-order valence-electron chi connectivity index (χ4n) is 2.26. The average Bonchev–Trinajstić information content (AvgIpc) is 2.66. The number of hydrogen-bond acceptors (Lipinski definition) is 3. The first-order valence-electron chi connectivity index (χ1n) is 6.28. The molecule has 0 radical (unpaired) electrons. The molecule has 4 heteroatoms. The molecule has 0 aliphatic carbocycles. The molecule has 0 atom stereocenters. The lowest BCUT2D eigenvalue weighted by Crippen LogP contribution is -2.30. The summed E-state index contributed by atoms with van der Waals surface area (Å²) < 4.78 is 4.78. The molecule has 0 N–H and O–H groups in total. The molecule has 1 aromatic heterocycles. The Morgan fingerprint density at radius 1 is 1.06 bits per heavy atom. The van der Waals surface area contributed by atoms with E-state index in [1.807, 2.05) is 0 Å². The summed E-state index contributed by atoms with van der Waals surface area (Å²) in [6.07, 6.45) is 3.90. The minimum absolute atomic E-state index is 0.263. The molecule has 1 rings (SSSR count). The van der Waals surface area contributed by atoms with Gasteiger partial charge in [0.25, 0.3) is 0 Å². The summed E-state index contributed by atoms with van der Waals surface area (Å²) in [6, 6.07) is 0. The minimum atomic E-state index is 0.263. The highest BCUT2D eigenvalue weighted by Crippen LogP contribution is 2.30. The van der Waals surface area contributed by atoms with Crippen LogP contribution in [0.2, 0.25) is 0 Å². The summed E-state index contributed by atoms with van der Waals surface area (Å²) in [6.45, 7) is 8.43. The van der Waals surface area contributed by atoms with E-state index in [1.54, 1.807) is 0 Å². The van der Waals surface area contributed by atoms with Gasteiger partial charge in [0.05, 0.1) is 0 Å². The molecular formula is C12H22N2O2. The van der Waals surface area contributed by atoms with E-state index < -0.39 is 0 Å². The van der Waals surface area contributed by atoms with Crippen LogP contribution in [0.1, 0.15) is 76.6 Å². The van der Waals surface area contributed by atoms with E-state index in [4.69, 9.17) is 4.63 Å². The summed E-state index contributed by atoms with van der Waals surface area (Å²) in [5, 5.41) is 15.6. The van der Waals surface area contributed by atoms with E-state index in [0.29, 0.717) is 10.8 Å². The summed E-state index contributed by atoms with van der Waals surface area (Å²) in [5.74, 6) is 0.605. The topological polar surface area (TPSA) is 53.0 Å². The largest absolute Gasteiger partial charge is 0.359 e. The highest BCUT2D eigenvalue weighted by molar-refractivity contribution is 5.14. The molecule has 0 aliphatic rings. The lowest BCUT2D eigenvalue weighted by Gasteiger charge is -2.12. The lowest BCUT2D eigenvalue weighted by atomic mass is 9.90. The molecule has 0 saturated carbocycles. The van der Waals surface area contributed by atoms with Gasteiger partial charge in [-0.25, -0.2) is 0 Å². The smallest absolute Gasteiger partial charge is 0.224 e. The molecule has 0 spiro atoms. The third-order valence-electron chi connectivity index (χ3n) is 3.42. The van der Waals surface area contributed by atoms with E-state index in [-0.39, 0.29) is 5.92 Å². The Morgan fingerprint density at radius 2 is 1.56 bits per heavy atom. The van der Waals surface area contributed by atoms with Gasteiger partial charge in [0.1, 0.15) is 0 Å². The molecule has 0 aliphatic heterocycles. The van der Waals surface area contributed by atoms with Crippen LogP contribution in [-0.2, 0) is 0 Å². The van der Waals surface area contributed by atoms with Gasteiger partial charge < -0.3 is 5.21 Å². The molecule has 16 heavy (non-hydrogen) atoms. The van der Waals surface area contributed by atoms with Crippen LogP contribution in [0.15, 0.2) is 4.63 Å². The van der Waals surface area contributed by atoms with Gasteiger partial charge >= 0.3 is 0 Å². The highest BCUT2D eigenvalue weighted by Gasteiger charge is 2.29. The first kappa shape index (κ1) is 13.0. The van der Waals surface area contributed by atoms with Crippen LogP contribution in [0.3, 0.4) is 0 Å². The maximum atomic E-state index is 11.6. The van der Waals surface area contributed by atoms with Gasteiger partial charge in [-0.1, -0.05) is 27.7 Å². The van der Waals surface area contributed by atoms with Crippen LogP contribution in [0.25, 0.3) is 0 Å². The van der Waals surface area contributed by atoms with Crippen molar-refractivity contribution in [1.29, 1.82) is 0 Å². The van der Waals surface area contributed by atoms with E-state index in [9.17, 15) is 5.21 Å². The van der Waals surface area contributed by atoms with Crippen molar-refractivity contribution >= 4 is 0 Å². The van der Waals surface area contributed by atoms with E-state index in [0.717, 1.165) is 37.1 Å². The molecular weight excluding hydrogens is 204 g/mol. The van der Waals surface area contributed by atoms with E-state index in [2.05, 4.69) is 32.9 Å². The SMILES string of the molecule is CCC(CC)c1no[n+]([O-])c1C(CC)CC. The lowest BCUT2D eigenvalue weighted by molar-refractivity contribution is -0.808. The highest BCUT2D eigenvalue weighted by atomic mass is 16.8. The van der Waals surface area contributed by atoms with Gasteiger partial charge in [-0.2, -0.15) is 0 Å². The molecule has 4 nitrogen and oxygen atoms in total. The molecule has 0 saturated heterocycles. The van der Waals surface area contributed by atoms with Crippen molar-refractivity contribution in [3.8, 4) is 0 Å². The number of nitrogens with zero attached hydrogens (tertiary/aromatic N) is 2. The molecule has 92 valence electrons. The van der Waals surface area contributed by atoms with Crippen LogP contribution in [0.4, 0.5) is 0 Å². The van der Waals surface area contributed by atoms with Gasteiger partial charge in [0, 0.05) is 17.0 Å². The Bertz CT molecular complexity index is 315. The summed E-state index contributed by atoms with van der Waals surface area (Å²) in [4.78, 5) is 0.602. The van der Waals surface area contributed by atoms with Crippen molar-refractivity contribution < 1.29 is 9.53 Å². The van der Waals surface area contributed by atoms with Gasteiger partial charge in [-0.3, -0.25) is 4.63 Å². The zero-order valence-corrected chi connectivity index (χ0v) is 10.7. The molecule has 1 heterocycles. The standard InChI is InChI=1S/C12H22N2O2/c1-5-9(6-2)11-12(10(7-3)8-4)14(15)16-13-11/h9-10H,5-8H2,1-4H3. The molecule has 0 fully saturated rings. The molecule has 0 aromatic carbocycles. The Morgan fingerprint density at radius 3 is 2.00 bits per heavy atom. The molecule has 0 bridgehead atoms. The maximum Gasteiger partial charge on any atom is 0.224 e. The predicted octanol–water partition coefficient (Wildman–Crippen LogP) is 3.12. The Balaban J connectivity index is 3.10. The van der Waals surface area contributed by atoms with Gasteiger partial charge in [-0.15, -0.1) is 0 Å². The number of hydrogen-bond donors (Lipinski definition) is 0. The van der Waals surface area contributed by atoms with Crippen LogP contribution in [0.5, 0.6) is 0 Å². The summed E-state index contributed by atoms with van der Waals surface area (Å²) in [7, 11) is 0. The zero-order chi connectivity index (χ0) is 12.1. The summed E-state index contributed by atoms with van der Waals surface area (Å²) in [5.41, 5.74) is 1.62. The first-order valence-corrected chi connectivity index (χ1v) is 6.28. The Kier molecular flexibility index (Phi) is 4.77. The van der Waals surface area contributed by atoms with E-state index >= 15 is 0 Å². The van der Waals surface area contributed by atoms with Gasteiger partial charge in [0.15, 0.2) is 0 Å². The van der Waals surface area contributed by atoms with Crippen LogP contribution < -0.4 is 4.90 Å². The second-order valence-corrected chi connectivity index (χ2v) is 4.23.